The first-order valence-electron chi connectivity index (χ1n) is 9.58. The van der Waals surface area contributed by atoms with Crippen molar-refractivity contribution in [2.45, 2.75) is 45.3 Å². The summed E-state index contributed by atoms with van der Waals surface area (Å²) in [7, 11) is 0. The molecule has 0 aromatic carbocycles. The summed E-state index contributed by atoms with van der Waals surface area (Å²) in [6.07, 6.45) is 4.09. The van der Waals surface area contributed by atoms with Crippen molar-refractivity contribution >= 4 is 5.91 Å². The molecule has 0 unspecified atom stereocenters. The van der Waals surface area contributed by atoms with E-state index in [-0.39, 0.29) is 11.8 Å². The number of nitrogens with zero attached hydrogens (tertiary/aromatic N) is 2. The van der Waals surface area contributed by atoms with E-state index in [0.717, 1.165) is 56.8 Å². The predicted molar refractivity (Wildman–Crippen MR) is 91.6 cm³/mol. The number of likely N-dealkylation sites (tertiary alicyclic amines) is 1. The monoisotopic (exact) mass is 348 g/mol. The molecule has 138 valence electrons. The van der Waals surface area contributed by atoms with E-state index >= 15 is 0 Å². The minimum Gasteiger partial charge on any atom is -0.465 e. The van der Waals surface area contributed by atoms with Crippen LogP contribution in [-0.4, -0.2) is 54.8 Å². The Hall–Kier alpha value is -1.37. The largest absolute Gasteiger partial charge is 0.465 e. The van der Waals surface area contributed by atoms with Gasteiger partial charge in [-0.3, -0.25) is 14.5 Å². The minimum absolute atomic E-state index is 0.0605. The van der Waals surface area contributed by atoms with E-state index in [2.05, 4.69) is 24.0 Å². The van der Waals surface area contributed by atoms with Gasteiger partial charge in [0.15, 0.2) is 0 Å². The van der Waals surface area contributed by atoms with E-state index in [1.165, 1.54) is 0 Å². The van der Waals surface area contributed by atoms with E-state index in [9.17, 15) is 4.79 Å². The second kappa shape index (κ2) is 7.48. The number of amides is 1. The van der Waals surface area contributed by atoms with Gasteiger partial charge in [-0.05, 0) is 37.3 Å². The first-order valence-corrected chi connectivity index (χ1v) is 9.58. The Morgan fingerprint density at radius 3 is 2.92 bits per heavy atom. The topological polar surface area (TPSA) is 55.2 Å². The molecule has 0 radical (unpaired) electrons. The third-order valence-corrected chi connectivity index (χ3v) is 5.64. The number of carbonyl (C=O) groups excluding carboxylic acids is 1. The predicted octanol–water partition coefficient (Wildman–Crippen LogP) is 2.23. The fourth-order valence-corrected chi connectivity index (χ4v) is 4.26. The SMILES string of the molecule is CCc1ccc(CN2CC[C@@H]3OC[C@H](C(=O)N4CCCO4)C[C@H]3C2)o1. The van der Waals surface area contributed by atoms with Crippen molar-refractivity contribution in [2.75, 3.05) is 32.8 Å². The van der Waals surface area contributed by atoms with Gasteiger partial charge >= 0.3 is 0 Å². The Morgan fingerprint density at radius 1 is 1.28 bits per heavy atom. The van der Waals surface area contributed by atoms with Gasteiger partial charge < -0.3 is 9.15 Å². The summed E-state index contributed by atoms with van der Waals surface area (Å²) in [5.74, 6) is 2.54. The molecule has 6 heteroatoms. The second-order valence-electron chi connectivity index (χ2n) is 7.44. The van der Waals surface area contributed by atoms with Crippen molar-refractivity contribution in [1.82, 2.24) is 9.96 Å². The molecule has 4 heterocycles. The molecule has 3 fully saturated rings. The summed E-state index contributed by atoms with van der Waals surface area (Å²) < 4.78 is 11.9. The van der Waals surface area contributed by atoms with Crippen LogP contribution < -0.4 is 0 Å². The number of piperidine rings is 1. The summed E-state index contributed by atoms with van der Waals surface area (Å²) in [5.41, 5.74) is 0. The van der Waals surface area contributed by atoms with Crippen molar-refractivity contribution in [3.63, 3.8) is 0 Å². The van der Waals surface area contributed by atoms with Gasteiger partial charge in [-0.1, -0.05) is 6.92 Å². The van der Waals surface area contributed by atoms with Crippen LogP contribution in [0.3, 0.4) is 0 Å². The van der Waals surface area contributed by atoms with E-state index in [1.54, 1.807) is 5.06 Å². The smallest absolute Gasteiger partial charge is 0.251 e. The molecule has 4 rings (SSSR count). The highest BCUT2D eigenvalue weighted by Gasteiger charge is 2.40. The Bertz CT molecular complexity index is 596. The van der Waals surface area contributed by atoms with Crippen LogP contribution in [0.2, 0.25) is 0 Å². The molecule has 1 amide bonds. The number of hydrogen-bond acceptors (Lipinski definition) is 5. The zero-order chi connectivity index (χ0) is 17.2. The van der Waals surface area contributed by atoms with Gasteiger partial charge in [0.1, 0.15) is 11.5 Å². The third kappa shape index (κ3) is 3.76. The Kier molecular flexibility index (Phi) is 5.10. The summed E-state index contributed by atoms with van der Waals surface area (Å²) in [6, 6.07) is 4.15. The average Bonchev–Trinajstić information content (AvgIpc) is 3.32. The second-order valence-corrected chi connectivity index (χ2v) is 7.44. The fourth-order valence-electron chi connectivity index (χ4n) is 4.26. The molecule has 0 bridgehead atoms. The lowest BCUT2D eigenvalue weighted by Crippen LogP contribution is -2.50. The van der Waals surface area contributed by atoms with Gasteiger partial charge in [-0.25, -0.2) is 5.06 Å². The number of ether oxygens (including phenoxy) is 1. The minimum atomic E-state index is -0.0605. The molecule has 1 aromatic rings. The third-order valence-electron chi connectivity index (χ3n) is 5.64. The van der Waals surface area contributed by atoms with Gasteiger partial charge in [0.05, 0.1) is 38.3 Å². The maximum absolute atomic E-state index is 12.6. The number of fused-ring (bicyclic) bond motifs is 1. The maximum Gasteiger partial charge on any atom is 0.251 e. The zero-order valence-corrected chi connectivity index (χ0v) is 15.0. The first-order chi connectivity index (χ1) is 12.2. The Morgan fingerprint density at radius 2 is 2.16 bits per heavy atom. The highest BCUT2D eigenvalue weighted by Crippen LogP contribution is 2.33. The van der Waals surface area contributed by atoms with Crippen molar-refractivity contribution in [3.05, 3.63) is 23.7 Å². The summed E-state index contributed by atoms with van der Waals surface area (Å²) in [5, 5.41) is 1.55. The van der Waals surface area contributed by atoms with Crippen LogP contribution in [0.5, 0.6) is 0 Å². The molecule has 0 spiro atoms. The van der Waals surface area contributed by atoms with E-state index in [1.807, 2.05) is 0 Å². The molecule has 3 atom stereocenters. The molecule has 3 saturated heterocycles. The van der Waals surface area contributed by atoms with E-state index in [0.29, 0.717) is 31.8 Å². The highest BCUT2D eigenvalue weighted by atomic mass is 16.7. The van der Waals surface area contributed by atoms with Crippen molar-refractivity contribution < 1.29 is 18.8 Å². The summed E-state index contributed by atoms with van der Waals surface area (Å²) in [4.78, 5) is 20.4. The number of rotatable bonds is 4. The molecule has 1 aromatic heterocycles. The summed E-state index contributed by atoms with van der Waals surface area (Å²) in [6.45, 7) is 6.86. The molecular formula is C19H28N2O4. The number of aryl methyl sites for hydroxylation is 1. The van der Waals surface area contributed by atoms with Crippen LogP contribution in [-0.2, 0) is 27.3 Å². The van der Waals surface area contributed by atoms with Gasteiger partial charge in [-0.15, -0.1) is 0 Å². The summed E-state index contributed by atoms with van der Waals surface area (Å²) >= 11 is 0. The standard InChI is InChI=1S/C19H28N2O4/c1-2-16-4-5-17(25-16)12-20-8-6-18-14(11-20)10-15(13-23-18)19(22)21-7-3-9-24-21/h4-5,14-15,18H,2-3,6-13H2,1H3/t14-,15+,18-/m0/s1. The molecule has 6 nitrogen and oxygen atoms in total. The zero-order valence-electron chi connectivity index (χ0n) is 15.0. The quantitative estimate of drug-likeness (QED) is 0.835. The van der Waals surface area contributed by atoms with Crippen molar-refractivity contribution in [2.24, 2.45) is 11.8 Å². The van der Waals surface area contributed by atoms with Crippen LogP contribution in [0.1, 0.15) is 37.7 Å². The van der Waals surface area contributed by atoms with Crippen LogP contribution in [0.4, 0.5) is 0 Å². The van der Waals surface area contributed by atoms with Crippen LogP contribution in [0.15, 0.2) is 16.5 Å². The van der Waals surface area contributed by atoms with Gasteiger partial charge in [0, 0.05) is 19.5 Å². The lowest BCUT2D eigenvalue weighted by Gasteiger charge is -2.43. The van der Waals surface area contributed by atoms with Crippen LogP contribution >= 0.6 is 0 Å². The maximum atomic E-state index is 12.6. The van der Waals surface area contributed by atoms with E-state index in [4.69, 9.17) is 14.0 Å². The van der Waals surface area contributed by atoms with Gasteiger partial charge in [0.25, 0.3) is 5.91 Å². The molecule has 3 aliphatic rings. The average molecular weight is 348 g/mol. The molecule has 3 aliphatic heterocycles. The Labute approximate surface area is 149 Å². The number of carbonyl (C=O) groups is 1. The first kappa shape index (κ1) is 17.1. The van der Waals surface area contributed by atoms with Crippen LogP contribution in [0, 0.1) is 11.8 Å². The number of hydroxylamine groups is 2. The molecule has 0 saturated carbocycles. The number of furan rings is 1. The molecule has 0 N–H and O–H groups in total. The molecule has 0 aliphatic carbocycles. The lowest BCUT2D eigenvalue weighted by molar-refractivity contribution is -0.183. The number of hydrogen-bond donors (Lipinski definition) is 0. The van der Waals surface area contributed by atoms with Crippen molar-refractivity contribution in [1.29, 1.82) is 0 Å². The molecule has 25 heavy (non-hydrogen) atoms. The highest BCUT2D eigenvalue weighted by molar-refractivity contribution is 5.78. The van der Waals surface area contributed by atoms with E-state index < -0.39 is 0 Å². The van der Waals surface area contributed by atoms with Crippen molar-refractivity contribution in [3.8, 4) is 0 Å². The Balaban J connectivity index is 1.34. The van der Waals surface area contributed by atoms with Crippen LogP contribution in [0.25, 0.3) is 0 Å². The molecular weight excluding hydrogens is 320 g/mol. The van der Waals surface area contributed by atoms with Gasteiger partial charge in [-0.2, -0.15) is 0 Å². The fraction of sp³-hybridized carbons (Fsp3) is 0.737. The van der Waals surface area contributed by atoms with Gasteiger partial charge in [0.2, 0.25) is 0 Å². The normalized spacial score (nSPS) is 30.4. The lowest BCUT2D eigenvalue weighted by atomic mass is 9.83.